The standard InChI is InChI=1S/C10H16N2O/c1-3-6-10(2,12-8-13)9-5-4-7-11-9/h4-5,7-8,11H,3,6H2,1-2H3,(H,12,13). The molecule has 13 heavy (non-hydrogen) atoms. The molecule has 0 aliphatic rings. The highest BCUT2D eigenvalue weighted by Gasteiger charge is 2.25. The summed E-state index contributed by atoms with van der Waals surface area (Å²) in [5, 5.41) is 2.85. The van der Waals surface area contributed by atoms with E-state index in [2.05, 4.69) is 17.2 Å². The van der Waals surface area contributed by atoms with Crippen LogP contribution in [-0.2, 0) is 10.3 Å². The number of aromatic nitrogens is 1. The largest absolute Gasteiger partial charge is 0.363 e. The predicted molar refractivity (Wildman–Crippen MR) is 52.3 cm³/mol. The third kappa shape index (κ3) is 2.11. The van der Waals surface area contributed by atoms with Crippen molar-refractivity contribution < 1.29 is 4.79 Å². The summed E-state index contributed by atoms with van der Waals surface area (Å²) < 4.78 is 0. The van der Waals surface area contributed by atoms with E-state index < -0.39 is 0 Å². The van der Waals surface area contributed by atoms with Crippen LogP contribution in [0.5, 0.6) is 0 Å². The van der Waals surface area contributed by atoms with Gasteiger partial charge in [-0.3, -0.25) is 4.79 Å². The van der Waals surface area contributed by atoms with Gasteiger partial charge in [-0.1, -0.05) is 13.3 Å². The van der Waals surface area contributed by atoms with Crippen LogP contribution in [0.3, 0.4) is 0 Å². The van der Waals surface area contributed by atoms with Crippen LogP contribution in [0.2, 0.25) is 0 Å². The van der Waals surface area contributed by atoms with Crippen molar-refractivity contribution in [1.29, 1.82) is 0 Å². The Morgan fingerprint density at radius 2 is 2.46 bits per heavy atom. The Hall–Kier alpha value is -1.25. The summed E-state index contributed by atoms with van der Waals surface area (Å²) in [6, 6.07) is 3.93. The fourth-order valence-electron chi connectivity index (χ4n) is 1.59. The molecule has 1 amide bonds. The molecule has 1 aromatic rings. The van der Waals surface area contributed by atoms with Gasteiger partial charge in [0.05, 0.1) is 5.54 Å². The fourth-order valence-corrected chi connectivity index (χ4v) is 1.59. The van der Waals surface area contributed by atoms with Crippen LogP contribution in [0.1, 0.15) is 32.4 Å². The lowest BCUT2D eigenvalue weighted by Gasteiger charge is -2.27. The van der Waals surface area contributed by atoms with Crippen LogP contribution in [0.25, 0.3) is 0 Å². The van der Waals surface area contributed by atoms with E-state index in [1.807, 2.05) is 25.3 Å². The molecule has 0 bridgehead atoms. The van der Waals surface area contributed by atoms with Gasteiger partial charge in [0.25, 0.3) is 0 Å². The molecule has 2 N–H and O–H groups in total. The molecule has 0 fully saturated rings. The summed E-state index contributed by atoms with van der Waals surface area (Å²) >= 11 is 0. The molecule has 72 valence electrons. The van der Waals surface area contributed by atoms with Crippen molar-refractivity contribution in [3.63, 3.8) is 0 Å². The predicted octanol–water partition coefficient (Wildman–Crippen LogP) is 1.78. The maximum atomic E-state index is 10.5. The lowest BCUT2D eigenvalue weighted by atomic mass is 9.93. The summed E-state index contributed by atoms with van der Waals surface area (Å²) in [5.74, 6) is 0. The van der Waals surface area contributed by atoms with Crippen LogP contribution < -0.4 is 5.32 Å². The zero-order chi connectivity index (χ0) is 9.73. The summed E-state index contributed by atoms with van der Waals surface area (Å²) in [6.07, 6.45) is 4.61. The monoisotopic (exact) mass is 180 g/mol. The molecule has 0 aliphatic carbocycles. The summed E-state index contributed by atoms with van der Waals surface area (Å²) in [6.45, 7) is 4.13. The van der Waals surface area contributed by atoms with E-state index in [4.69, 9.17) is 0 Å². The highest BCUT2D eigenvalue weighted by molar-refractivity contribution is 5.48. The molecule has 0 radical (unpaired) electrons. The third-order valence-corrected chi connectivity index (χ3v) is 2.32. The SMILES string of the molecule is CCCC(C)(NC=O)c1ccc[nH]1. The van der Waals surface area contributed by atoms with E-state index in [9.17, 15) is 4.79 Å². The van der Waals surface area contributed by atoms with Crippen LogP contribution in [0, 0.1) is 0 Å². The van der Waals surface area contributed by atoms with Crippen molar-refractivity contribution in [3.8, 4) is 0 Å². The van der Waals surface area contributed by atoms with E-state index in [1.54, 1.807) is 0 Å². The minimum Gasteiger partial charge on any atom is -0.363 e. The highest BCUT2D eigenvalue weighted by atomic mass is 16.1. The maximum absolute atomic E-state index is 10.5. The minimum absolute atomic E-state index is 0.250. The molecule has 0 aliphatic heterocycles. The summed E-state index contributed by atoms with van der Waals surface area (Å²) in [5.41, 5.74) is 0.807. The highest BCUT2D eigenvalue weighted by Crippen LogP contribution is 2.23. The second-order valence-electron chi connectivity index (χ2n) is 3.43. The van der Waals surface area contributed by atoms with E-state index in [1.165, 1.54) is 0 Å². The number of rotatable bonds is 5. The Kier molecular flexibility index (Phi) is 3.12. The summed E-state index contributed by atoms with van der Waals surface area (Å²) in [4.78, 5) is 13.6. The molecular formula is C10H16N2O. The van der Waals surface area contributed by atoms with Crippen LogP contribution >= 0.6 is 0 Å². The molecule has 1 unspecified atom stereocenters. The molecule has 0 spiro atoms. The van der Waals surface area contributed by atoms with Crippen molar-refractivity contribution in [2.75, 3.05) is 0 Å². The Balaban J connectivity index is 2.83. The third-order valence-electron chi connectivity index (χ3n) is 2.32. The Morgan fingerprint density at radius 3 is 2.92 bits per heavy atom. The first kappa shape index (κ1) is 9.84. The zero-order valence-corrected chi connectivity index (χ0v) is 8.13. The van der Waals surface area contributed by atoms with Crippen molar-refractivity contribution in [2.24, 2.45) is 0 Å². The molecule has 1 atom stereocenters. The first-order valence-corrected chi connectivity index (χ1v) is 4.58. The molecule has 3 nitrogen and oxygen atoms in total. The van der Waals surface area contributed by atoms with Gasteiger partial charge in [-0.05, 0) is 25.5 Å². The fraction of sp³-hybridized carbons (Fsp3) is 0.500. The Morgan fingerprint density at radius 1 is 1.69 bits per heavy atom. The van der Waals surface area contributed by atoms with E-state index in [-0.39, 0.29) is 5.54 Å². The molecule has 0 saturated carbocycles. The normalized spacial score (nSPS) is 14.9. The van der Waals surface area contributed by atoms with Crippen molar-refractivity contribution in [2.45, 2.75) is 32.2 Å². The second kappa shape index (κ2) is 4.12. The molecule has 3 heteroatoms. The number of hydrogen-bond donors (Lipinski definition) is 2. The molecule has 1 rings (SSSR count). The van der Waals surface area contributed by atoms with Gasteiger partial charge >= 0.3 is 0 Å². The van der Waals surface area contributed by atoms with Gasteiger partial charge < -0.3 is 10.3 Å². The number of carbonyl (C=O) groups is 1. The Bertz CT molecular complexity index is 256. The summed E-state index contributed by atoms with van der Waals surface area (Å²) in [7, 11) is 0. The van der Waals surface area contributed by atoms with E-state index in [0.29, 0.717) is 0 Å². The van der Waals surface area contributed by atoms with Gasteiger partial charge in [-0.15, -0.1) is 0 Å². The Labute approximate surface area is 78.5 Å². The zero-order valence-electron chi connectivity index (χ0n) is 8.13. The smallest absolute Gasteiger partial charge is 0.207 e. The lowest BCUT2D eigenvalue weighted by Crippen LogP contribution is -2.38. The second-order valence-corrected chi connectivity index (χ2v) is 3.43. The quantitative estimate of drug-likeness (QED) is 0.666. The average molecular weight is 180 g/mol. The number of amides is 1. The van der Waals surface area contributed by atoms with Crippen molar-refractivity contribution in [1.82, 2.24) is 10.3 Å². The first-order chi connectivity index (χ1) is 6.23. The lowest BCUT2D eigenvalue weighted by molar-refractivity contribution is -0.111. The van der Waals surface area contributed by atoms with Crippen molar-refractivity contribution in [3.05, 3.63) is 24.0 Å². The van der Waals surface area contributed by atoms with Crippen molar-refractivity contribution >= 4 is 6.41 Å². The number of aromatic amines is 1. The topological polar surface area (TPSA) is 44.9 Å². The molecule has 1 heterocycles. The van der Waals surface area contributed by atoms with Gasteiger partial charge in [0, 0.05) is 11.9 Å². The van der Waals surface area contributed by atoms with Gasteiger partial charge in [-0.2, -0.15) is 0 Å². The minimum atomic E-state index is -0.250. The number of nitrogens with one attached hydrogen (secondary N) is 2. The number of hydrogen-bond acceptors (Lipinski definition) is 1. The van der Waals surface area contributed by atoms with Gasteiger partial charge in [0.2, 0.25) is 6.41 Å². The van der Waals surface area contributed by atoms with E-state index in [0.717, 1.165) is 24.9 Å². The number of H-pyrrole nitrogens is 1. The van der Waals surface area contributed by atoms with Crippen LogP contribution in [-0.4, -0.2) is 11.4 Å². The first-order valence-electron chi connectivity index (χ1n) is 4.58. The molecule has 0 aromatic carbocycles. The molecule has 1 aromatic heterocycles. The van der Waals surface area contributed by atoms with Gasteiger partial charge in [0.15, 0.2) is 0 Å². The number of carbonyl (C=O) groups excluding carboxylic acids is 1. The average Bonchev–Trinajstić information content (AvgIpc) is 2.57. The van der Waals surface area contributed by atoms with E-state index >= 15 is 0 Å². The van der Waals surface area contributed by atoms with Gasteiger partial charge in [-0.25, -0.2) is 0 Å². The molecular weight excluding hydrogens is 164 g/mol. The van der Waals surface area contributed by atoms with Crippen LogP contribution in [0.4, 0.5) is 0 Å². The van der Waals surface area contributed by atoms with Gasteiger partial charge in [0.1, 0.15) is 0 Å². The molecule has 0 saturated heterocycles. The van der Waals surface area contributed by atoms with Crippen LogP contribution in [0.15, 0.2) is 18.3 Å². The maximum Gasteiger partial charge on any atom is 0.207 e.